The number of likely N-dealkylation sites (tertiary alicyclic amines) is 1. The quantitative estimate of drug-likeness (QED) is 0.356. The first-order valence-electron chi connectivity index (χ1n) is 10.2. The monoisotopic (exact) mass is 354 g/mol. The molecular weight excluding hydrogens is 316 g/mol. The summed E-state index contributed by atoms with van der Waals surface area (Å²) in [4.78, 5) is 7.08. The van der Waals surface area contributed by atoms with Crippen LogP contribution in [0.15, 0.2) is 4.99 Å². The first-order chi connectivity index (χ1) is 12.3. The predicted octanol–water partition coefficient (Wildman–Crippen LogP) is 1.86. The maximum absolute atomic E-state index is 5.69. The molecule has 0 spiro atoms. The molecular formula is C19H38N4O2. The number of rotatable bonds is 10. The second-order valence-corrected chi connectivity index (χ2v) is 7.29. The molecule has 2 N–H and O–H groups in total. The van der Waals surface area contributed by atoms with Crippen LogP contribution in [0.25, 0.3) is 0 Å². The summed E-state index contributed by atoms with van der Waals surface area (Å²) in [6.07, 6.45) is 7.49. The summed E-state index contributed by atoms with van der Waals surface area (Å²) in [5.74, 6) is 1.80. The van der Waals surface area contributed by atoms with Crippen molar-refractivity contribution in [1.29, 1.82) is 0 Å². The highest BCUT2D eigenvalue weighted by atomic mass is 16.5. The van der Waals surface area contributed by atoms with Crippen LogP contribution in [0, 0.1) is 5.92 Å². The maximum atomic E-state index is 5.69. The van der Waals surface area contributed by atoms with E-state index in [9.17, 15) is 0 Å². The molecule has 0 aliphatic carbocycles. The van der Waals surface area contributed by atoms with E-state index in [-0.39, 0.29) is 0 Å². The normalized spacial score (nSPS) is 23.1. The summed E-state index contributed by atoms with van der Waals surface area (Å²) in [5, 5.41) is 6.81. The summed E-state index contributed by atoms with van der Waals surface area (Å²) < 4.78 is 11.2. The van der Waals surface area contributed by atoms with Crippen LogP contribution in [-0.4, -0.2) is 76.6 Å². The summed E-state index contributed by atoms with van der Waals surface area (Å²) in [5.41, 5.74) is 0. The lowest BCUT2D eigenvalue weighted by Crippen LogP contribution is -2.39. The van der Waals surface area contributed by atoms with Crippen molar-refractivity contribution in [3.63, 3.8) is 0 Å². The van der Waals surface area contributed by atoms with Gasteiger partial charge in [0.1, 0.15) is 0 Å². The van der Waals surface area contributed by atoms with E-state index in [0.29, 0.717) is 6.10 Å². The lowest BCUT2D eigenvalue weighted by Gasteiger charge is -2.29. The van der Waals surface area contributed by atoms with E-state index in [1.165, 1.54) is 38.8 Å². The van der Waals surface area contributed by atoms with Crippen LogP contribution in [0.1, 0.15) is 45.4 Å². The zero-order valence-corrected chi connectivity index (χ0v) is 16.3. The molecule has 2 rings (SSSR count). The molecule has 1 atom stereocenters. The highest BCUT2D eigenvalue weighted by Gasteiger charge is 2.16. The minimum atomic E-state index is 0.321. The van der Waals surface area contributed by atoms with E-state index in [4.69, 9.17) is 9.47 Å². The predicted molar refractivity (Wildman–Crippen MR) is 103 cm³/mol. The molecule has 0 amide bonds. The first kappa shape index (κ1) is 20.5. The lowest BCUT2D eigenvalue weighted by atomic mass is 9.94. The fraction of sp³-hybridized carbons (Fsp3) is 0.947. The van der Waals surface area contributed by atoms with Gasteiger partial charge in [-0.25, -0.2) is 0 Å². The van der Waals surface area contributed by atoms with Crippen molar-refractivity contribution in [1.82, 2.24) is 15.5 Å². The first-order valence-corrected chi connectivity index (χ1v) is 10.2. The van der Waals surface area contributed by atoms with Gasteiger partial charge >= 0.3 is 0 Å². The molecule has 2 heterocycles. The molecule has 0 radical (unpaired) electrons. The zero-order valence-electron chi connectivity index (χ0n) is 16.3. The van der Waals surface area contributed by atoms with Crippen LogP contribution in [0.2, 0.25) is 0 Å². The number of aliphatic imine (C=N–C) groups is 1. The van der Waals surface area contributed by atoms with Crippen molar-refractivity contribution >= 4 is 5.96 Å². The number of piperidine rings is 1. The Morgan fingerprint density at radius 1 is 1.24 bits per heavy atom. The van der Waals surface area contributed by atoms with E-state index in [2.05, 4.69) is 34.5 Å². The Kier molecular flexibility index (Phi) is 10.2. The number of guanidine groups is 1. The van der Waals surface area contributed by atoms with E-state index in [0.717, 1.165) is 64.2 Å². The Labute approximate surface area is 153 Å². The van der Waals surface area contributed by atoms with Crippen LogP contribution >= 0.6 is 0 Å². The number of hydrogen-bond donors (Lipinski definition) is 2. The average molecular weight is 355 g/mol. The minimum Gasteiger partial charge on any atom is -0.379 e. The highest BCUT2D eigenvalue weighted by molar-refractivity contribution is 5.79. The Hall–Kier alpha value is -0.850. The third-order valence-electron chi connectivity index (χ3n) is 5.07. The Morgan fingerprint density at radius 3 is 2.80 bits per heavy atom. The second kappa shape index (κ2) is 12.5. The van der Waals surface area contributed by atoms with E-state index >= 15 is 0 Å². The van der Waals surface area contributed by atoms with Crippen molar-refractivity contribution in [2.75, 3.05) is 59.6 Å². The molecule has 0 saturated carbocycles. The van der Waals surface area contributed by atoms with Gasteiger partial charge in [-0.15, -0.1) is 0 Å². The Balaban J connectivity index is 1.52. The Morgan fingerprint density at radius 2 is 2.08 bits per heavy atom. The number of hydrogen-bond acceptors (Lipinski definition) is 4. The van der Waals surface area contributed by atoms with Gasteiger partial charge in [0.15, 0.2) is 5.96 Å². The van der Waals surface area contributed by atoms with Crippen LogP contribution < -0.4 is 10.6 Å². The van der Waals surface area contributed by atoms with Crippen LogP contribution in [-0.2, 0) is 9.47 Å². The summed E-state index contributed by atoms with van der Waals surface area (Å²) >= 11 is 0. The molecule has 6 nitrogen and oxygen atoms in total. The van der Waals surface area contributed by atoms with Gasteiger partial charge in [0.25, 0.3) is 0 Å². The van der Waals surface area contributed by atoms with Gasteiger partial charge in [-0.1, -0.05) is 0 Å². The van der Waals surface area contributed by atoms with E-state index < -0.39 is 0 Å². The summed E-state index contributed by atoms with van der Waals surface area (Å²) in [6.45, 7) is 9.69. The maximum Gasteiger partial charge on any atom is 0.191 e. The smallest absolute Gasteiger partial charge is 0.191 e. The Bertz CT molecular complexity index is 364. The molecule has 2 aliphatic heterocycles. The summed E-state index contributed by atoms with van der Waals surface area (Å²) in [7, 11) is 2.22. The largest absolute Gasteiger partial charge is 0.379 e. The fourth-order valence-corrected chi connectivity index (χ4v) is 3.44. The third kappa shape index (κ3) is 8.88. The van der Waals surface area contributed by atoms with Crippen molar-refractivity contribution in [2.24, 2.45) is 10.9 Å². The van der Waals surface area contributed by atoms with Crippen molar-refractivity contribution < 1.29 is 9.47 Å². The van der Waals surface area contributed by atoms with Crippen LogP contribution in [0.5, 0.6) is 0 Å². The SMILES string of the molecule is CCNC(=NCCCOCC1CCCO1)NCCC1CCN(C)CC1. The molecule has 0 bridgehead atoms. The summed E-state index contributed by atoms with van der Waals surface area (Å²) in [6, 6.07) is 0. The van der Waals surface area contributed by atoms with Gasteiger partial charge in [-0.3, -0.25) is 4.99 Å². The number of ether oxygens (including phenoxy) is 2. The van der Waals surface area contributed by atoms with Gasteiger partial charge in [0, 0.05) is 32.8 Å². The molecule has 0 aromatic carbocycles. The molecule has 0 aromatic rings. The molecule has 2 aliphatic rings. The molecule has 6 heteroatoms. The van der Waals surface area contributed by atoms with Gasteiger partial charge in [0.2, 0.25) is 0 Å². The lowest BCUT2D eigenvalue weighted by molar-refractivity contribution is 0.0171. The molecule has 2 fully saturated rings. The van der Waals surface area contributed by atoms with Crippen molar-refractivity contribution in [3.8, 4) is 0 Å². The highest BCUT2D eigenvalue weighted by Crippen LogP contribution is 2.18. The average Bonchev–Trinajstić information content (AvgIpc) is 3.13. The van der Waals surface area contributed by atoms with Gasteiger partial charge in [-0.05, 0) is 71.5 Å². The third-order valence-corrected chi connectivity index (χ3v) is 5.07. The van der Waals surface area contributed by atoms with Gasteiger partial charge in [-0.2, -0.15) is 0 Å². The van der Waals surface area contributed by atoms with Crippen LogP contribution in [0.3, 0.4) is 0 Å². The molecule has 25 heavy (non-hydrogen) atoms. The number of nitrogens with one attached hydrogen (secondary N) is 2. The molecule has 1 unspecified atom stereocenters. The van der Waals surface area contributed by atoms with Crippen molar-refractivity contribution in [2.45, 2.75) is 51.6 Å². The van der Waals surface area contributed by atoms with E-state index in [1.807, 2.05) is 0 Å². The molecule has 2 saturated heterocycles. The van der Waals surface area contributed by atoms with Crippen LogP contribution in [0.4, 0.5) is 0 Å². The second-order valence-electron chi connectivity index (χ2n) is 7.29. The topological polar surface area (TPSA) is 58.1 Å². The molecule has 0 aromatic heterocycles. The van der Waals surface area contributed by atoms with Gasteiger partial charge < -0.3 is 25.0 Å². The van der Waals surface area contributed by atoms with Gasteiger partial charge in [0.05, 0.1) is 12.7 Å². The van der Waals surface area contributed by atoms with Crippen molar-refractivity contribution in [3.05, 3.63) is 0 Å². The fourth-order valence-electron chi connectivity index (χ4n) is 3.44. The number of nitrogens with zero attached hydrogens (tertiary/aromatic N) is 2. The zero-order chi connectivity index (χ0) is 17.7. The molecule has 146 valence electrons. The standard InChI is InChI=1S/C19H38N4O2/c1-3-20-19(22-11-7-17-8-12-23(2)13-9-17)21-10-5-14-24-16-18-6-4-15-25-18/h17-18H,3-16H2,1-2H3,(H2,20,21,22). The minimum absolute atomic E-state index is 0.321. The van der Waals surface area contributed by atoms with E-state index in [1.54, 1.807) is 0 Å².